The number of carbonyl (C=O) groups is 1. The van der Waals surface area contributed by atoms with Crippen molar-refractivity contribution in [3.63, 3.8) is 0 Å². The largest absolute Gasteiger partial charge is 0.453 e. The highest BCUT2D eigenvalue weighted by molar-refractivity contribution is 8.76. The van der Waals surface area contributed by atoms with Gasteiger partial charge in [-0.2, -0.15) is 0 Å². The molecule has 0 aromatic carbocycles. The van der Waals surface area contributed by atoms with Gasteiger partial charge < -0.3 is 10.1 Å². The van der Waals surface area contributed by atoms with Gasteiger partial charge >= 0.3 is 6.09 Å². The van der Waals surface area contributed by atoms with Crippen molar-refractivity contribution in [2.45, 2.75) is 6.92 Å². The number of ether oxygens (including phenoxy) is 1. The summed E-state index contributed by atoms with van der Waals surface area (Å²) in [5, 5.41) is 2.59. The second-order valence-electron chi connectivity index (χ2n) is 1.82. The van der Waals surface area contributed by atoms with E-state index < -0.39 is 0 Å². The van der Waals surface area contributed by atoms with Crippen LogP contribution in [0.3, 0.4) is 0 Å². The fourth-order valence-corrected chi connectivity index (χ4v) is 1.98. The van der Waals surface area contributed by atoms with Gasteiger partial charge in [0.25, 0.3) is 0 Å². The summed E-state index contributed by atoms with van der Waals surface area (Å²) in [5.41, 5.74) is 0. The van der Waals surface area contributed by atoms with Crippen molar-refractivity contribution in [2.24, 2.45) is 0 Å². The van der Waals surface area contributed by atoms with Crippen LogP contribution in [-0.4, -0.2) is 32.0 Å². The Morgan fingerprint density at radius 2 is 2.33 bits per heavy atom. The lowest BCUT2D eigenvalue weighted by molar-refractivity contribution is 0.172. The lowest BCUT2D eigenvalue weighted by Gasteiger charge is -2.02. The van der Waals surface area contributed by atoms with Gasteiger partial charge in [0.05, 0.1) is 7.11 Å². The van der Waals surface area contributed by atoms with Gasteiger partial charge in [-0.15, -0.1) is 0 Å². The fraction of sp³-hybridized carbons (Fsp3) is 0.833. The first kappa shape index (κ1) is 11.9. The molecule has 72 valence electrons. The molecule has 0 unspecified atom stereocenters. The molecular weight excluding hydrogens is 196 g/mol. The lowest BCUT2D eigenvalue weighted by Crippen LogP contribution is -2.25. The average Bonchev–Trinajstić information content (AvgIpc) is 2.10. The molecule has 0 aliphatic rings. The number of alkyl carbamates (subject to hydrolysis) is 1. The Bertz CT molecular complexity index is 124. The third-order valence-electron chi connectivity index (χ3n) is 0.902. The summed E-state index contributed by atoms with van der Waals surface area (Å²) in [4.78, 5) is 10.5. The maximum atomic E-state index is 10.5. The first-order valence-corrected chi connectivity index (χ1v) is 5.96. The van der Waals surface area contributed by atoms with Gasteiger partial charge in [-0.1, -0.05) is 17.7 Å². The Morgan fingerprint density at radius 3 is 2.92 bits per heavy atom. The maximum absolute atomic E-state index is 10.5. The Hall–Kier alpha value is -0.0700. The second kappa shape index (κ2) is 9.02. The molecule has 0 saturated carbocycles. The highest BCUT2D eigenvalue weighted by Gasteiger charge is 1.95. The van der Waals surface area contributed by atoms with Crippen LogP contribution in [0.2, 0.25) is 0 Å². The minimum Gasteiger partial charge on any atom is -0.453 e. The summed E-state index contributed by atoms with van der Waals surface area (Å²) in [6.45, 7) is 3.62. The minimum atomic E-state index is -0.371. The van der Waals surface area contributed by atoms with Crippen LogP contribution in [-0.2, 0) is 4.74 Å². The quantitative estimate of drug-likeness (QED) is 0.392. The molecule has 0 bridgehead atoms. The van der Waals surface area contributed by atoms with Crippen molar-refractivity contribution >= 4 is 27.9 Å². The first-order valence-electron chi connectivity index (χ1n) is 3.64. The normalized spacial score (nSPS) is 9.50. The van der Waals surface area contributed by atoms with Crippen LogP contribution in [0, 0.1) is 0 Å². The van der Waals surface area contributed by atoms with Gasteiger partial charge in [0, 0.05) is 18.8 Å². The number of rotatable bonds is 6. The Morgan fingerprint density at radius 1 is 1.58 bits per heavy atom. The molecule has 0 aliphatic carbocycles. The van der Waals surface area contributed by atoms with Crippen LogP contribution in [0.1, 0.15) is 6.92 Å². The summed E-state index contributed by atoms with van der Waals surface area (Å²) in [6, 6.07) is 0. The molecule has 0 atom stereocenters. The predicted molar refractivity (Wildman–Crippen MR) is 54.1 cm³/mol. The minimum absolute atomic E-state index is 0.371. The molecule has 0 saturated heterocycles. The standard InChI is InChI=1S/C6H14N2O2S2/c1-3-8-12-11-5-4-7-6(9)10-2/h8H,3-5H2,1-2H3,(H,7,9). The van der Waals surface area contributed by atoms with Crippen LogP contribution >= 0.6 is 21.8 Å². The van der Waals surface area contributed by atoms with Crippen LogP contribution < -0.4 is 10.0 Å². The molecule has 0 spiro atoms. The monoisotopic (exact) mass is 210 g/mol. The molecule has 12 heavy (non-hydrogen) atoms. The van der Waals surface area contributed by atoms with Gasteiger partial charge in [0.15, 0.2) is 0 Å². The molecule has 0 aliphatic heterocycles. The molecule has 0 aromatic heterocycles. The topological polar surface area (TPSA) is 50.4 Å². The van der Waals surface area contributed by atoms with Gasteiger partial charge in [0.2, 0.25) is 0 Å². The summed E-state index contributed by atoms with van der Waals surface area (Å²) >= 11 is 0. The Balaban J connectivity index is 2.95. The summed E-state index contributed by atoms with van der Waals surface area (Å²) < 4.78 is 7.48. The summed E-state index contributed by atoms with van der Waals surface area (Å²) in [5.74, 6) is 0.868. The van der Waals surface area contributed by atoms with Crippen molar-refractivity contribution < 1.29 is 9.53 Å². The van der Waals surface area contributed by atoms with Crippen molar-refractivity contribution in [1.29, 1.82) is 0 Å². The zero-order valence-electron chi connectivity index (χ0n) is 7.25. The molecule has 1 amide bonds. The molecule has 0 aromatic rings. The SMILES string of the molecule is CCNSSCCNC(=O)OC. The Kier molecular flexibility index (Phi) is 8.97. The molecule has 6 heteroatoms. The number of methoxy groups -OCH3 is 1. The number of nitrogens with one attached hydrogen (secondary N) is 2. The van der Waals surface area contributed by atoms with Gasteiger partial charge in [-0.25, -0.2) is 4.79 Å². The van der Waals surface area contributed by atoms with E-state index in [1.54, 1.807) is 21.8 Å². The zero-order chi connectivity index (χ0) is 9.23. The first-order chi connectivity index (χ1) is 5.81. The van der Waals surface area contributed by atoms with Gasteiger partial charge in [0.1, 0.15) is 0 Å². The van der Waals surface area contributed by atoms with Crippen molar-refractivity contribution in [1.82, 2.24) is 10.0 Å². The lowest BCUT2D eigenvalue weighted by atomic mass is 10.7. The van der Waals surface area contributed by atoms with Gasteiger partial charge in [-0.05, 0) is 11.0 Å². The van der Waals surface area contributed by atoms with Crippen molar-refractivity contribution in [3.05, 3.63) is 0 Å². The van der Waals surface area contributed by atoms with Crippen molar-refractivity contribution in [2.75, 3.05) is 26.0 Å². The second-order valence-corrected chi connectivity index (χ2v) is 4.13. The molecule has 2 N–H and O–H groups in total. The van der Waals surface area contributed by atoms with Crippen LogP contribution in [0.4, 0.5) is 4.79 Å². The summed E-state index contributed by atoms with van der Waals surface area (Å²) in [7, 11) is 4.61. The van der Waals surface area contributed by atoms with Crippen LogP contribution in [0.5, 0.6) is 0 Å². The third kappa shape index (κ3) is 8.03. The summed E-state index contributed by atoms with van der Waals surface area (Å²) in [6.07, 6.45) is -0.371. The predicted octanol–water partition coefficient (Wildman–Crippen LogP) is 1.25. The molecule has 4 nitrogen and oxygen atoms in total. The van der Waals surface area contributed by atoms with E-state index in [2.05, 4.69) is 14.8 Å². The fourth-order valence-electron chi connectivity index (χ4n) is 0.409. The van der Waals surface area contributed by atoms with E-state index in [4.69, 9.17) is 0 Å². The number of carbonyl (C=O) groups excluding carboxylic acids is 1. The van der Waals surface area contributed by atoms with E-state index >= 15 is 0 Å². The van der Waals surface area contributed by atoms with E-state index in [1.807, 2.05) is 6.92 Å². The average molecular weight is 210 g/mol. The van der Waals surface area contributed by atoms with Gasteiger partial charge in [-0.3, -0.25) is 4.72 Å². The van der Waals surface area contributed by atoms with E-state index in [-0.39, 0.29) is 6.09 Å². The maximum Gasteiger partial charge on any atom is 0.406 e. The molecule has 0 rings (SSSR count). The van der Waals surface area contributed by atoms with Crippen LogP contribution in [0.25, 0.3) is 0 Å². The van der Waals surface area contributed by atoms with Crippen LogP contribution in [0.15, 0.2) is 0 Å². The van der Waals surface area contributed by atoms with E-state index in [1.165, 1.54) is 7.11 Å². The number of amides is 1. The highest BCUT2D eigenvalue weighted by Crippen LogP contribution is 2.14. The van der Waals surface area contributed by atoms with E-state index in [0.29, 0.717) is 6.54 Å². The number of hydrogen-bond acceptors (Lipinski definition) is 5. The smallest absolute Gasteiger partial charge is 0.406 e. The van der Waals surface area contributed by atoms with Crippen molar-refractivity contribution in [3.8, 4) is 0 Å². The third-order valence-corrected chi connectivity index (χ3v) is 3.00. The van der Waals surface area contributed by atoms with E-state index in [9.17, 15) is 4.79 Å². The molecule has 0 fully saturated rings. The van der Waals surface area contributed by atoms with E-state index in [0.717, 1.165) is 12.3 Å². The molecule has 0 heterocycles. The molecule has 0 radical (unpaired) electrons. The Labute approximate surface area is 80.7 Å². The number of hydrogen-bond donors (Lipinski definition) is 2. The highest BCUT2D eigenvalue weighted by atomic mass is 33.1. The molecular formula is C6H14N2O2S2. The zero-order valence-corrected chi connectivity index (χ0v) is 8.89.